The van der Waals surface area contributed by atoms with E-state index in [0.717, 1.165) is 18.8 Å². The second-order valence-corrected chi connectivity index (χ2v) is 6.45. The smallest absolute Gasteiger partial charge is 0.232 e. The first-order valence-electron chi connectivity index (χ1n) is 8.91. The summed E-state index contributed by atoms with van der Waals surface area (Å²) < 4.78 is 0. The van der Waals surface area contributed by atoms with Gasteiger partial charge in [-0.1, -0.05) is 48.0 Å². The minimum Gasteiger partial charge on any atom is -0.337 e. The van der Waals surface area contributed by atoms with Crippen molar-refractivity contribution in [1.29, 1.82) is 0 Å². The Labute approximate surface area is 155 Å². The maximum absolute atomic E-state index is 4.65. The molecule has 1 heterocycles. The van der Waals surface area contributed by atoms with Gasteiger partial charge in [-0.15, -0.1) is 0 Å². The second-order valence-electron chi connectivity index (χ2n) is 6.45. The van der Waals surface area contributed by atoms with Crippen LogP contribution in [0.2, 0.25) is 0 Å². The zero-order valence-corrected chi connectivity index (χ0v) is 15.8. The minimum atomic E-state index is 0.575. The fraction of sp³-hybridized carbons (Fsp3) is 0.286. The van der Waals surface area contributed by atoms with Crippen LogP contribution in [0, 0.1) is 20.8 Å². The van der Waals surface area contributed by atoms with Crippen molar-refractivity contribution in [2.45, 2.75) is 34.2 Å². The topological polar surface area (TPSA) is 53.9 Å². The van der Waals surface area contributed by atoms with E-state index >= 15 is 0 Å². The van der Waals surface area contributed by atoms with Gasteiger partial charge < -0.3 is 10.2 Å². The summed E-state index contributed by atoms with van der Waals surface area (Å²) in [5.74, 6) is 1.97. The lowest BCUT2D eigenvalue weighted by Crippen LogP contribution is -2.25. The third kappa shape index (κ3) is 4.36. The van der Waals surface area contributed by atoms with Crippen LogP contribution < -0.4 is 10.2 Å². The first kappa shape index (κ1) is 17.9. The molecule has 3 aromatic rings. The number of hydrogen-bond donors (Lipinski definition) is 1. The largest absolute Gasteiger partial charge is 0.337 e. The molecule has 0 aliphatic heterocycles. The van der Waals surface area contributed by atoms with Gasteiger partial charge in [0.2, 0.25) is 11.9 Å². The number of anilines is 3. The van der Waals surface area contributed by atoms with Gasteiger partial charge in [0.1, 0.15) is 5.82 Å². The van der Waals surface area contributed by atoms with E-state index in [1.54, 1.807) is 0 Å². The molecule has 1 aromatic heterocycles. The number of nitrogens with one attached hydrogen (secondary N) is 1. The van der Waals surface area contributed by atoms with Crippen LogP contribution in [0.15, 0.2) is 48.5 Å². The molecule has 0 aliphatic rings. The lowest BCUT2D eigenvalue weighted by molar-refractivity contribution is 0.778. The Morgan fingerprint density at radius 1 is 0.923 bits per heavy atom. The Bertz CT molecular complexity index is 877. The molecule has 0 spiro atoms. The van der Waals surface area contributed by atoms with Gasteiger partial charge in [-0.25, -0.2) is 0 Å². The van der Waals surface area contributed by atoms with Gasteiger partial charge in [-0.2, -0.15) is 15.0 Å². The zero-order valence-electron chi connectivity index (χ0n) is 15.8. The van der Waals surface area contributed by atoms with Crippen LogP contribution >= 0.6 is 0 Å². The van der Waals surface area contributed by atoms with Gasteiger partial charge in [0.25, 0.3) is 0 Å². The Kier molecular flexibility index (Phi) is 5.46. The third-order valence-corrected chi connectivity index (χ3v) is 4.24. The predicted molar refractivity (Wildman–Crippen MR) is 107 cm³/mol. The molecule has 26 heavy (non-hydrogen) atoms. The fourth-order valence-electron chi connectivity index (χ4n) is 2.87. The number of nitrogens with zero attached hydrogens (tertiary/aromatic N) is 4. The molecule has 0 aliphatic carbocycles. The number of aromatic nitrogens is 3. The van der Waals surface area contributed by atoms with Gasteiger partial charge in [-0.05, 0) is 44.9 Å². The SMILES string of the molecule is CCN(Cc1ccccc1)c1nc(C)nc(Nc2ccc(C)cc2C)n1. The van der Waals surface area contributed by atoms with Crippen LogP contribution in [0.3, 0.4) is 0 Å². The second kappa shape index (κ2) is 7.95. The summed E-state index contributed by atoms with van der Waals surface area (Å²) in [6, 6.07) is 16.6. The van der Waals surface area contributed by atoms with E-state index in [1.807, 2.05) is 13.0 Å². The first-order valence-corrected chi connectivity index (χ1v) is 8.91. The quantitative estimate of drug-likeness (QED) is 0.708. The Morgan fingerprint density at radius 2 is 1.69 bits per heavy atom. The zero-order chi connectivity index (χ0) is 18.5. The molecule has 5 heteroatoms. The van der Waals surface area contributed by atoms with E-state index in [1.165, 1.54) is 16.7 Å². The normalized spacial score (nSPS) is 10.6. The van der Waals surface area contributed by atoms with Crippen LogP contribution in [0.4, 0.5) is 17.6 Å². The van der Waals surface area contributed by atoms with Gasteiger partial charge in [-0.3, -0.25) is 0 Å². The van der Waals surface area contributed by atoms with Gasteiger partial charge in [0.15, 0.2) is 0 Å². The van der Waals surface area contributed by atoms with Crippen LogP contribution in [-0.4, -0.2) is 21.5 Å². The lowest BCUT2D eigenvalue weighted by atomic mass is 10.1. The van der Waals surface area contributed by atoms with Crippen molar-refractivity contribution in [3.63, 3.8) is 0 Å². The van der Waals surface area contributed by atoms with E-state index in [9.17, 15) is 0 Å². The molecule has 134 valence electrons. The summed E-state index contributed by atoms with van der Waals surface area (Å²) in [6.45, 7) is 9.77. The molecular formula is C21H25N5. The van der Waals surface area contributed by atoms with E-state index < -0.39 is 0 Å². The molecule has 2 aromatic carbocycles. The molecule has 0 saturated heterocycles. The summed E-state index contributed by atoms with van der Waals surface area (Å²) in [6.07, 6.45) is 0. The van der Waals surface area contributed by atoms with Gasteiger partial charge in [0.05, 0.1) is 0 Å². The van der Waals surface area contributed by atoms with E-state index in [2.05, 4.69) is 88.4 Å². The highest BCUT2D eigenvalue weighted by molar-refractivity contribution is 5.59. The molecule has 0 bridgehead atoms. The summed E-state index contributed by atoms with van der Waals surface area (Å²) in [5.41, 5.74) is 4.65. The van der Waals surface area contributed by atoms with Crippen molar-refractivity contribution >= 4 is 17.6 Å². The Hall–Kier alpha value is -2.95. The molecule has 0 saturated carbocycles. The van der Waals surface area contributed by atoms with Crippen molar-refractivity contribution in [2.24, 2.45) is 0 Å². The number of benzene rings is 2. The van der Waals surface area contributed by atoms with Crippen molar-refractivity contribution in [1.82, 2.24) is 15.0 Å². The summed E-state index contributed by atoms with van der Waals surface area (Å²) >= 11 is 0. The van der Waals surface area contributed by atoms with Gasteiger partial charge >= 0.3 is 0 Å². The van der Waals surface area contributed by atoms with Crippen LogP contribution in [-0.2, 0) is 6.54 Å². The monoisotopic (exact) mass is 347 g/mol. The van der Waals surface area contributed by atoms with E-state index in [0.29, 0.717) is 17.7 Å². The van der Waals surface area contributed by atoms with Crippen LogP contribution in [0.1, 0.15) is 29.4 Å². The number of rotatable bonds is 6. The summed E-state index contributed by atoms with van der Waals surface area (Å²) in [5, 5.41) is 3.33. The molecule has 5 nitrogen and oxygen atoms in total. The fourth-order valence-corrected chi connectivity index (χ4v) is 2.87. The van der Waals surface area contributed by atoms with Crippen LogP contribution in [0.5, 0.6) is 0 Å². The highest BCUT2D eigenvalue weighted by Crippen LogP contribution is 2.21. The van der Waals surface area contributed by atoms with Crippen molar-refractivity contribution in [2.75, 3.05) is 16.8 Å². The molecular weight excluding hydrogens is 322 g/mol. The highest BCUT2D eigenvalue weighted by atomic mass is 15.3. The molecule has 0 amide bonds. The van der Waals surface area contributed by atoms with Gasteiger partial charge in [0, 0.05) is 18.8 Å². The minimum absolute atomic E-state index is 0.575. The number of aryl methyl sites for hydroxylation is 3. The average molecular weight is 347 g/mol. The summed E-state index contributed by atoms with van der Waals surface area (Å²) in [4.78, 5) is 15.8. The Balaban J connectivity index is 1.86. The third-order valence-electron chi connectivity index (χ3n) is 4.24. The predicted octanol–water partition coefficient (Wildman–Crippen LogP) is 4.57. The molecule has 0 fully saturated rings. The number of hydrogen-bond acceptors (Lipinski definition) is 5. The van der Waals surface area contributed by atoms with Crippen molar-refractivity contribution in [3.8, 4) is 0 Å². The molecule has 0 radical (unpaired) electrons. The van der Waals surface area contributed by atoms with Crippen molar-refractivity contribution in [3.05, 3.63) is 71.0 Å². The molecule has 1 N–H and O–H groups in total. The van der Waals surface area contributed by atoms with E-state index in [-0.39, 0.29) is 0 Å². The maximum atomic E-state index is 4.65. The summed E-state index contributed by atoms with van der Waals surface area (Å²) in [7, 11) is 0. The standard InChI is InChI=1S/C21H25N5/c1-5-26(14-18-9-7-6-8-10-18)21-23-17(4)22-20(25-21)24-19-12-11-15(2)13-16(19)3/h6-13H,5,14H2,1-4H3,(H,22,23,24,25). The molecule has 0 atom stereocenters. The highest BCUT2D eigenvalue weighted by Gasteiger charge is 2.12. The van der Waals surface area contributed by atoms with Crippen molar-refractivity contribution < 1.29 is 0 Å². The lowest BCUT2D eigenvalue weighted by Gasteiger charge is -2.21. The molecule has 0 unspecified atom stereocenters. The van der Waals surface area contributed by atoms with E-state index in [4.69, 9.17) is 0 Å². The maximum Gasteiger partial charge on any atom is 0.232 e. The Morgan fingerprint density at radius 3 is 2.38 bits per heavy atom. The first-order chi connectivity index (χ1) is 12.5. The molecule has 3 rings (SSSR count). The average Bonchev–Trinajstić information content (AvgIpc) is 2.62. The van der Waals surface area contributed by atoms with Crippen LogP contribution in [0.25, 0.3) is 0 Å².